The Kier molecular flexibility index (Phi) is 6.75. The summed E-state index contributed by atoms with van der Waals surface area (Å²) in [5.41, 5.74) is 0.636. The molecule has 1 aromatic carbocycles. The highest BCUT2D eigenvalue weighted by Crippen LogP contribution is 2.22. The highest BCUT2D eigenvalue weighted by atomic mass is 35.5. The Balaban J connectivity index is 3.03. The van der Waals surface area contributed by atoms with E-state index in [9.17, 15) is 8.42 Å². The molecule has 0 saturated heterocycles. The lowest BCUT2D eigenvalue weighted by atomic mass is 10.1. The van der Waals surface area contributed by atoms with Gasteiger partial charge >= 0.3 is 0 Å². The van der Waals surface area contributed by atoms with Gasteiger partial charge in [0, 0.05) is 19.5 Å². The van der Waals surface area contributed by atoms with Crippen LogP contribution in [0.1, 0.15) is 12.5 Å². The average Bonchev–Trinajstić information content (AvgIpc) is 2.44. The van der Waals surface area contributed by atoms with Crippen molar-refractivity contribution < 1.29 is 17.9 Å². The van der Waals surface area contributed by atoms with Crippen molar-refractivity contribution in [1.29, 1.82) is 0 Å². The molecule has 1 atom stereocenters. The van der Waals surface area contributed by atoms with Gasteiger partial charge in [-0.1, -0.05) is 0 Å². The summed E-state index contributed by atoms with van der Waals surface area (Å²) in [5, 5.41) is 0. The van der Waals surface area contributed by atoms with E-state index in [1.165, 1.54) is 20.3 Å². The van der Waals surface area contributed by atoms with E-state index in [1.54, 1.807) is 19.1 Å². The predicted molar refractivity (Wildman–Crippen MR) is 79.1 cm³/mol. The fourth-order valence-corrected chi connectivity index (χ4v) is 3.20. The van der Waals surface area contributed by atoms with Crippen molar-refractivity contribution >= 4 is 21.6 Å². The largest absolute Gasteiger partial charge is 0.497 e. The first kappa shape index (κ1) is 17.2. The average molecular weight is 322 g/mol. The standard InChI is InChI=1S/C13H20ClNO4S/c1-10(18-2)9-15-20(16,17)13-5-4-12(19-3)8-11(13)6-7-14/h4-5,8,10,15H,6-7,9H2,1-3H3. The molecule has 0 bridgehead atoms. The Hall–Kier alpha value is -0.820. The molecule has 1 unspecified atom stereocenters. The van der Waals surface area contributed by atoms with E-state index >= 15 is 0 Å². The summed E-state index contributed by atoms with van der Waals surface area (Å²) >= 11 is 5.73. The molecule has 0 aliphatic heterocycles. The number of nitrogens with one attached hydrogen (secondary N) is 1. The second-order valence-electron chi connectivity index (χ2n) is 4.31. The summed E-state index contributed by atoms with van der Waals surface area (Å²) in [6, 6.07) is 4.84. The summed E-state index contributed by atoms with van der Waals surface area (Å²) in [6.45, 7) is 2.00. The maximum absolute atomic E-state index is 12.3. The first-order valence-electron chi connectivity index (χ1n) is 6.20. The zero-order chi connectivity index (χ0) is 15.2. The van der Waals surface area contributed by atoms with Gasteiger partial charge < -0.3 is 9.47 Å². The molecule has 0 fully saturated rings. The molecular formula is C13H20ClNO4S. The van der Waals surface area contributed by atoms with Crippen molar-refractivity contribution in [2.75, 3.05) is 26.6 Å². The Labute approximate surface area is 125 Å². The molecule has 1 N–H and O–H groups in total. The second-order valence-corrected chi connectivity index (χ2v) is 6.42. The first-order valence-corrected chi connectivity index (χ1v) is 8.21. The van der Waals surface area contributed by atoms with Gasteiger partial charge in [-0.05, 0) is 37.1 Å². The number of ether oxygens (including phenoxy) is 2. The highest BCUT2D eigenvalue weighted by molar-refractivity contribution is 7.89. The maximum atomic E-state index is 12.3. The lowest BCUT2D eigenvalue weighted by molar-refractivity contribution is 0.122. The minimum absolute atomic E-state index is 0.195. The number of alkyl halides is 1. The van der Waals surface area contributed by atoms with E-state index < -0.39 is 10.0 Å². The smallest absolute Gasteiger partial charge is 0.240 e. The monoisotopic (exact) mass is 321 g/mol. The number of halogens is 1. The molecule has 0 aromatic heterocycles. The van der Waals surface area contributed by atoms with Crippen molar-refractivity contribution in [3.8, 4) is 5.75 Å². The fourth-order valence-electron chi connectivity index (χ4n) is 1.63. The molecule has 0 amide bonds. The van der Waals surface area contributed by atoms with Gasteiger partial charge in [-0.25, -0.2) is 13.1 Å². The fraction of sp³-hybridized carbons (Fsp3) is 0.538. The number of sulfonamides is 1. The van der Waals surface area contributed by atoms with Crippen molar-refractivity contribution in [2.45, 2.75) is 24.3 Å². The Morgan fingerprint density at radius 1 is 1.35 bits per heavy atom. The molecular weight excluding hydrogens is 302 g/mol. The van der Waals surface area contributed by atoms with Crippen LogP contribution in [0, 0.1) is 0 Å². The molecule has 7 heteroatoms. The Morgan fingerprint density at radius 2 is 2.05 bits per heavy atom. The van der Waals surface area contributed by atoms with Crippen LogP contribution in [0.4, 0.5) is 0 Å². The van der Waals surface area contributed by atoms with Crippen LogP contribution < -0.4 is 9.46 Å². The van der Waals surface area contributed by atoms with Crippen molar-refractivity contribution in [1.82, 2.24) is 4.72 Å². The van der Waals surface area contributed by atoms with Gasteiger partial charge in [0.15, 0.2) is 0 Å². The third-order valence-corrected chi connectivity index (χ3v) is 4.60. The van der Waals surface area contributed by atoms with E-state index in [0.717, 1.165) is 0 Å². The number of aryl methyl sites for hydroxylation is 1. The minimum Gasteiger partial charge on any atom is -0.497 e. The van der Waals surface area contributed by atoms with Crippen LogP contribution in [-0.2, 0) is 21.2 Å². The van der Waals surface area contributed by atoms with Gasteiger partial charge in [-0.2, -0.15) is 0 Å². The lowest BCUT2D eigenvalue weighted by Crippen LogP contribution is -2.32. The summed E-state index contributed by atoms with van der Waals surface area (Å²) in [6.07, 6.45) is 0.258. The summed E-state index contributed by atoms with van der Waals surface area (Å²) < 4.78 is 37.3. The first-order chi connectivity index (χ1) is 9.44. The topological polar surface area (TPSA) is 64.6 Å². The zero-order valence-electron chi connectivity index (χ0n) is 11.8. The molecule has 1 aromatic rings. The van der Waals surface area contributed by atoms with E-state index in [-0.39, 0.29) is 17.5 Å². The molecule has 0 aliphatic rings. The quantitative estimate of drug-likeness (QED) is 0.741. The van der Waals surface area contributed by atoms with Gasteiger partial charge in [0.05, 0.1) is 18.1 Å². The van der Waals surface area contributed by atoms with Crippen LogP contribution in [-0.4, -0.2) is 41.2 Å². The van der Waals surface area contributed by atoms with E-state index in [2.05, 4.69) is 4.72 Å². The third kappa shape index (κ3) is 4.63. The zero-order valence-corrected chi connectivity index (χ0v) is 13.4. The minimum atomic E-state index is -3.59. The number of hydrogen-bond donors (Lipinski definition) is 1. The lowest BCUT2D eigenvalue weighted by Gasteiger charge is -2.14. The third-order valence-electron chi connectivity index (χ3n) is 2.88. The number of hydrogen-bond acceptors (Lipinski definition) is 4. The van der Waals surface area contributed by atoms with E-state index in [4.69, 9.17) is 21.1 Å². The van der Waals surface area contributed by atoms with Gasteiger partial charge in [0.25, 0.3) is 0 Å². The summed E-state index contributed by atoms with van der Waals surface area (Å²) in [4.78, 5) is 0.224. The van der Waals surface area contributed by atoms with Crippen LogP contribution in [0.15, 0.2) is 23.1 Å². The highest BCUT2D eigenvalue weighted by Gasteiger charge is 2.19. The van der Waals surface area contributed by atoms with Crippen molar-refractivity contribution in [3.63, 3.8) is 0 Å². The Morgan fingerprint density at radius 3 is 2.60 bits per heavy atom. The molecule has 0 heterocycles. The SMILES string of the molecule is COc1ccc(S(=O)(=O)NCC(C)OC)c(CCCl)c1. The van der Waals surface area contributed by atoms with Gasteiger partial charge in [-0.15, -0.1) is 11.6 Å². The number of methoxy groups -OCH3 is 2. The van der Waals surface area contributed by atoms with Crippen LogP contribution in [0.25, 0.3) is 0 Å². The predicted octanol–water partition coefficient (Wildman–Crippen LogP) is 1.79. The van der Waals surface area contributed by atoms with Crippen LogP contribution in [0.3, 0.4) is 0 Å². The maximum Gasteiger partial charge on any atom is 0.240 e. The van der Waals surface area contributed by atoms with Crippen LogP contribution in [0.2, 0.25) is 0 Å². The van der Waals surface area contributed by atoms with Gasteiger partial charge in [-0.3, -0.25) is 0 Å². The second kappa shape index (κ2) is 7.83. The summed E-state index contributed by atoms with van der Waals surface area (Å²) in [7, 11) is -0.520. The van der Waals surface area contributed by atoms with Gasteiger partial charge in [0.1, 0.15) is 5.75 Å². The van der Waals surface area contributed by atoms with E-state index in [0.29, 0.717) is 23.6 Å². The van der Waals surface area contributed by atoms with Crippen LogP contribution >= 0.6 is 11.6 Å². The van der Waals surface area contributed by atoms with Crippen molar-refractivity contribution in [2.24, 2.45) is 0 Å². The van der Waals surface area contributed by atoms with Crippen molar-refractivity contribution in [3.05, 3.63) is 23.8 Å². The normalized spacial score (nSPS) is 13.2. The number of rotatable bonds is 8. The van der Waals surface area contributed by atoms with Gasteiger partial charge in [0.2, 0.25) is 10.0 Å². The molecule has 0 radical (unpaired) electrons. The van der Waals surface area contributed by atoms with Crippen LogP contribution in [0.5, 0.6) is 5.75 Å². The molecule has 20 heavy (non-hydrogen) atoms. The molecule has 0 aliphatic carbocycles. The molecule has 1 rings (SSSR count). The molecule has 0 saturated carbocycles. The number of benzene rings is 1. The molecule has 5 nitrogen and oxygen atoms in total. The molecule has 114 valence electrons. The molecule has 0 spiro atoms. The van der Waals surface area contributed by atoms with E-state index in [1.807, 2.05) is 0 Å². The summed E-state index contributed by atoms with van der Waals surface area (Å²) in [5.74, 6) is 0.943. The Bertz CT molecular complexity index is 533.